The third kappa shape index (κ3) is 1.38. The third-order valence-corrected chi connectivity index (χ3v) is 2.87. The zero-order chi connectivity index (χ0) is 12.0. The summed E-state index contributed by atoms with van der Waals surface area (Å²) in [6, 6.07) is 7.70. The molecule has 1 aromatic heterocycles. The number of carbonyl (C=O) groups excluding carboxylic acids is 1. The van der Waals surface area contributed by atoms with Crippen molar-refractivity contribution in [3.8, 4) is 11.6 Å². The Balaban J connectivity index is 2.17. The van der Waals surface area contributed by atoms with Gasteiger partial charge in [0.25, 0.3) is 5.91 Å². The number of rotatable bonds is 1. The maximum atomic E-state index is 11.4. The van der Waals surface area contributed by atoms with Crippen LogP contribution in [0.4, 0.5) is 0 Å². The highest BCUT2D eigenvalue weighted by Gasteiger charge is 2.23. The van der Waals surface area contributed by atoms with Gasteiger partial charge in [0.05, 0.1) is 11.1 Å². The van der Waals surface area contributed by atoms with E-state index in [0.29, 0.717) is 11.1 Å². The molecule has 0 saturated carbocycles. The number of aromatic nitrogens is 1. The lowest BCUT2D eigenvalue weighted by atomic mass is 10.2. The van der Waals surface area contributed by atoms with Gasteiger partial charge in [-0.1, -0.05) is 17.7 Å². The SMILES string of the molecule is Cc1ccc(-n2cc3c(c2O)C=NC3=O)cc1. The highest BCUT2D eigenvalue weighted by Crippen LogP contribution is 2.29. The van der Waals surface area contributed by atoms with Crippen LogP contribution < -0.4 is 0 Å². The normalized spacial score (nSPS) is 13.1. The van der Waals surface area contributed by atoms with E-state index in [1.807, 2.05) is 31.2 Å². The molecule has 4 heteroatoms. The van der Waals surface area contributed by atoms with Crippen LogP contribution in [0.5, 0.6) is 5.88 Å². The van der Waals surface area contributed by atoms with E-state index >= 15 is 0 Å². The Morgan fingerprint density at radius 3 is 2.59 bits per heavy atom. The standard InChI is InChI=1S/C13H10N2O2/c1-8-2-4-9(5-3-8)15-7-11-10(13(15)17)6-14-12(11)16/h2-7,17H,1H3. The minimum Gasteiger partial charge on any atom is -0.494 e. The van der Waals surface area contributed by atoms with Crippen molar-refractivity contribution in [3.63, 3.8) is 0 Å². The summed E-state index contributed by atoms with van der Waals surface area (Å²) in [4.78, 5) is 15.0. The van der Waals surface area contributed by atoms with Crippen LogP contribution >= 0.6 is 0 Å². The fourth-order valence-corrected chi connectivity index (χ4v) is 1.90. The molecule has 1 aromatic carbocycles. The number of amides is 1. The van der Waals surface area contributed by atoms with E-state index in [-0.39, 0.29) is 11.8 Å². The van der Waals surface area contributed by atoms with Crippen LogP contribution in [0.2, 0.25) is 0 Å². The molecule has 0 spiro atoms. The first kappa shape index (κ1) is 9.84. The van der Waals surface area contributed by atoms with Crippen LogP contribution in [0.1, 0.15) is 21.5 Å². The number of hydrogen-bond acceptors (Lipinski definition) is 2. The molecule has 84 valence electrons. The smallest absolute Gasteiger partial charge is 0.279 e. The summed E-state index contributed by atoms with van der Waals surface area (Å²) in [5, 5.41) is 10.0. The fraction of sp³-hybridized carbons (Fsp3) is 0.0769. The number of nitrogens with zero attached hydrogens (tertiary/aromatic N) is 2. The quantitative estimate of drug-likeness (QED) is 0.809. The summed E-state index contributed by atoms with van der Waals surface area (Å²) in [5.74, 6) is -0.250. The van der Waals surface area contributed by atoms with Crippen molar-refractivity contribution in [2.45, 2.75) is 6.92 Å². The Hall–Kier alpha value is -2.36. The molecule has 1 aliphatic heterocycles. The van der Waals surface area contributed by atoms with Crippen molar-refractivity contribution in [2.24, 2.45) is 4.99 Å². The van der Waals surface area contributed by atoms with E-state index in [0.717, 1.165) is 11.3 Å². The van der Waals surface area contributed by atoms with Crippen LogP contribution in [-0.4, -0.2) is 21.8 Å². The topological polar surface area (TPSA) is 54.6 Å². The number of carbonyl (C=O) groups is 1. The number of aromatic hydroxyl groups is 1. The van der Waals surface area contributed by atoms with Gasteiger partial charge in [0.2, 0.25) is 5.88 Å². The van der Waals surface area contributed by atoms with E-state index < -0.39 is 0 Å². The fourth-order valence-electron chi connectivity index (χ4n) is 1.90. The van der Waals surface area contributed by atoms with E-state index in [4.69, 9.17) is 0 Å². The Labute approximate surface area is 97.8 Å². The molecule has 0 unspecified atom stereocenters. The molecule has 1 amide bonds. The largest absolute Gasteiger partial charge is 0.494 e. The molecule has 0 saturated heterocycles. The molecule has 4 nitrogen and oxygen atoms in total. The molecule has 2 aromatic rings. The number of aryl methyl sites for hydroxylation is 1. The predicted octanol–water partition coefficient (Wildman–Crippen LogP) is 2.06. The van der Waals surface area contributed by atoms with Gasteiger partial charge in [-0.2, -0.15) is 0 Å². The van der Waals surface area contributed by atoms with Gasteiger partial charge in [-0.05, 0) is 19.1 Å². The van der Waals surface area contributed by atoms with Crippen molar-refractivity contribution in [2.75, 3.05) is 0 Å². The van der Waals surface area contributed by atoms with Crippen molar-refractivity contribution >= 4 is 12.1 Å². The van der Waals surface area contributed by atoms with Crippen molar-refractivity contribution < 1.29 is 9.90 Å². The molecule has 0 aliphatic carbocycles. The average molecular weight is 226 g/mol. The number of fused-ring (bicyclic) bond motifs is 1. The Kier molecular flexibility index (Phi) is 1.92. The van der Waals surface area contributed by atoms with E-state index in [1.165, 1.54) is 6.21 Å². The summed E-state index contributed by atoms with van der Waals surface area (Å²) in [7, 11) is 0. The summed E-state index contributed by atoms with van der Waals surface area (Å²) < 4.78 is 1.59. The van der Waals surface area contributed by atoms with Crippen LogP contribution in [0.15, 0.2) is 35.5 Å². The predicted molar refractivity (Wildman–Crippen MR) is 64.1 cm³/mol. The molecule has 3 rings (SSSR count). The van der Waals surface area contributed by atoms with Gasteiger partial charge in [-0.15, -0.1) is 0 Å². The Morgan fingerprint density at radius 2 is 1.94 bits per heavy atom. The van der Waals surface area contributed by atoms with Gasteiger partial charge in [0.1, 0.15) is 0 Å². The molecule has 17 heavy (non-hydrogen) atoms. The summed E-state index contributed by atoms with van der Waals surface area (Å²) in [5.41, 5.74) is 2.91. The molecular weight excluding hydrogens is 216 g/mol. The maximum Gasteiger partial charge on any atom is 0.279 e. The molecule has 0 bridgehead atoms. The lowest BCUT2D eigenvalue weighted by Crippen LogP contribution is -1.93. The van der Waals surface area contributed by atoms with E-state index in [2.05, 4.69) is 4.99 Å². The zero-order valence-corrected chi connectivity index (χ0v) is 9.21. The Morgan fingerprint density at radius 1 is 1.24 bits per heavy atom. The second kappa shape index (κ2) is 3.31. The molecule has 1 N–H and O–H groups in total. The van der Waals surface area contributed by atoms with Crippen LogP contribution in [0.3, 0.4) is 0 Å². The molecule has 1 aliphatic rings. The van der Waals surface area contributed by atoms with Crippen LogP contribution in [-0.2, 0) is 0 Å². The van der Waals surface area contributed by atoms with Crippen LogP contribution in [0.25, 0.3) is 5.69 Å². The third-order valence-electron chi connectivity index (χ3n) is 2.87. The second-order valence-electron chi connectivity index (χ2n) is 4.05. The number of hydrogen-bond donors (Lipinski definition) is 1. The zero-order valence-electron chi connectivity index (χ0n) is 9.21. The molecular formula is C13H10N2O2. The van der Waals surface area contributed by atoms with Gasteiger partial charge in [0, 0.05) is 18.1 Å². The first-order valence-electron chi connectivity index (χ1n) is 5.26. The molecule has 2 heterocycles. The molecule has 0 atom stereocenters. The van der Waals surface area contributed by atoms with Crippen molar-refractivity contribution in [1.82, 2.24) is 4.57 Å². The number of aliphatic imine (C=N–C) groups is 1. The van der Waals surface area contributed by atoms with E-state index in [1.54, 1.807) is 10.8 Å². The summed E-state index contributed by atoms with van der Waals surface area (Å²) >= 11 is 0. The van der Waals surface area contributed by atoms with E-state index in [9.17, 15) is 9.90 Å². The first-order valence-corrected chi connectivity index (χ1v) is 5.26. The molecule has 0 radical (unpaired) electrons. The lowest BCUT2D eigenvalue weighted by molar-refractivity contribution is 0.101. The Bertz CT molecular complexity index is 636. The van der Waals surface area contributed by atoms with Crippen LogP contribution in [0, 0.1) is 6.92 Å². The maximum absolute atomic E-state index is 11.4. The minimum absolute atomic E-state index is 0.0541. The highest BCUT2D eigenvalue weighted by molar-refractivity contribution is 6.14. The van der Waals surface area contributed by atoms with Gasteiger partial charge >= 0.3 is 0 Å². The monoisotopic (exact) mass is 226 g/mol. The van der Waals surface area contributed by atoms with Gasteiger partial charge in [-0.25, -0.2) is 4.99 Å². The van der Waals surface area contributed by atoms with Crippen molar-refractivity contribution in [1.29, 1.82) is 0 Å². The second-order valence-corrected chi connectivity index (χ2v) is 4.05. The van der Waals surface area contributed by atoms with Crippen molar-refractivity contribution in [3.05, 3.63) is 47.2 Å². The van der Waals surface area contributed by atoms with Gasteiger partial charge in [-0.3, -0.25) is 9.36 Å². The molecule has 0 fully saturated rings. The summed E-state index contributed by atoms with van der Waals surface area (Å²) in [6.45, 7) is 2.00. The lowest BCUT2D eigenvalue weighted by Gasteiger charge is -2.05. The minimum atomic E-state index is -0.304. The van der Waals surface area contributed by atoms with Gasteiger partial charge < -0.3 is 5.11 Å². The highest BCUT2D eigenvalue weighted by atomic mass is 16.3. The summed E-state index contributed by atoms with van der Waals surface area (Å²) in [6.07, 6.45) is 3.02. The number of benzene rings is 1. The first-order chi connectivity index (χ1) is 8.16. The van der Waals surface area contributed by atoms with Gasteiger partial charge in [0.15, 0.2) is 0 Å². The average Bonchev–Trinajstić information content (AvgIpc) is 2.83.